The Morgan fingerprint density at radius 2 is 1.50 bits per heavy atom. The lowest BCUT2D eigenvalue weighted by atomic mass is 10.0. The van der Waals surface area contributed by atoms with Gasteiger partial charge in [-0.2, -0.15) is 0 Å². The molecule has 3 aromatic carbocycles. The van der Waals surface area contributed by atoms with Crippen LogP contribution in [0.1, 0.15) is 33.8 Å². The van der Waals surface area contributed by atoms with E-state index in [1.54, 1.807) is 48.5 Å². The molecular weight excluding hydrogens is 374 g/mol. The Balaban J connectivity index is 1.81. The molecule has 0 aliphatic rings. The first kappa shape index (κ1) is 19.8. The highest BCUT2D eigenvalue weighted by molar-refractivity contribution is 6.30. The van der Waals surface area contributed by atoms with Crippen LogP contribution in [-0.4, -0.2) is 16.8 Å². The molecule has 28 heavy (non-hydrogen) atoms. The van der Waals surface area contributed by atoms with Gasteiger partial charge in [0.05, 0.1) is 6.04 Å². The summed E-state index contributed by atoms with van der Waals surface area (Å²) < 4.78 is 0. The van der Waals surface area contributed by atoms with Gasteiger partial charge in [-0.1, -0.05) is 72.3 Å². The number of benzene rings is 3. The van der Waals surface area contributed by atoms with Crippen molar-refractivity contribution < 1.29 is 9.90 Å². The Hall–Kier alpha value is -2.99. The smallest absolute Gasteiger partial charge is 0.256 e. The van der Waals surface area contributed by atoms with Gasteiger partial charge in [0, 0.05) is 10.6 Å². The van der Waals surface area contributed by atoms with Gasteiger partial charge in [-0.3, -0.25) is 15.5 Å². The summed E-state index contributed by atoms with van der Waals surface area (Å²) in [5.74, 6) is -0.452. The zero-order valence-electron chi connectivity index (χ0n) is 15.0. The maximum absolute atomic E-state index is 12.4. The molecule has 0 radical (unpaired) electrons. The van der Waals surface area contributed by atoms with Crippen molar-refractivity contribution in [3.63, 3.8) is 0 Å². The second-order valence-corrected chi connectivity index (χ2v) is 6.64. The summed E-state index contributed by atoms with van der Waals surface area (Å²) in [5, 5.41) is 25.1. The molecule has 5 nitrogen and oxygen atoms in total. The third-order valence-electron chi connectivity index (χ3n) is 4.19. The Labute approximate surface area is 168 Å². The summed E-state index contributed by atoms with van der Waals surface area (Å²) in [4.78, 5) is 12.4. The third kappa shape index (κ3) is 5.04. The van der Waals surface area contributed by atoms with Gasteiger partial charge in [0.1, 0.15) is 12.1 Å². The van der Waals surface area contributed by atoms with Crippen LogP contribution >= 0.6 is 11.6 Å². The molecule has 0 spiro atoms. The van der Waals surface area contributed by atoms with E-state index in [0.29, 0.717) is 16.1 Å². The molecule has 142 valence electrons. The van der Waals surface area contributed by atoms with Crippen LogP contribution < -0.4 is 10.6 Å². The summed E-state index contributed by atoms with van der Waals surface area (Å²) in [7, 11) is 0. The number of aliphatic hydroxyl groups excluding tert-OH is 1. The molecule has 3 rings (SSSR count). The van der Waals surface area contributed by atoms with E-state index in [1.165, 1.54) is 0 Å². The fourth-order valence-corrected chi connectivity index (χ4v) is 2.98. The van der Waals surface area contributed by atoms with Crippen molar-refractivity contribution in [2.75, 3.05) is 0 Å². The lowest BCUT2D eigenvalue weighted by molar-refractivity contribution is 0.0971. The summed E-state index contributed by atoms with van der Waals surface area (Å²) in [6.45, 7) is 0. The SMILES string of the molecule is N=C(NC(=O)c1ccccc1)C(NC(O)c1cccc(Cl)c1)c1ccccc1. The third-order valence-corrected chi connectivity index (χ3v) is 4.43. The zero-order chi connectivity index (χ0) is 19.9. The van der Waals surface area contributed by atoms with Gasteiger partial charge in [-0.25, -0.2) is 0 Å². The normalized spacial score (nSPS) is 12.8. The molecule has 6 heteroatoms. The van der Waals surface area contributed by atoms with Crippen LogP contribution in [0.15, 0.2) is 84.9 Å². The minimum absolute atomic E-state index is 0.0684. The zero-order valence-corrected chi connectivity index (χ0v) is 15.7. The molecule has 2 unspecified atom stereocenters. The Kier molecular flexibility index (Phi) is 6.55. The lowest BCUT2D eigenvalue weighted by Gasteiger charge is -2.24. The average Bonchev–Trinajstić information content (AvgIpc) is 2.73. The van der Waals surface area contributed by atoms with Crippen molar-refractivity contribution in [3.8, 4) is 0 Å². The molecule has 4 N–H and O–H groups in total. The summed E-state index contributed by atoms with van der Waals surface area (Å²) in [5.41, 5.74) is 1.76. The Morgan fingerprint density at radius 3 is 2.14 bits per heavy atom. The quantitative estimate of drug-likeness (QED) is 0.289. The van der Waals surface area contributed by atoms with Crippen molar-refractivity contribution >= 4 is 23.3 Å². The molecule has 0 aliphatic heterocycles. The van der Waals surface area contributed by atoms with Gasteiger partial charge < -0.3 is 10.4 Å². The van der Waals surface area contributed by atoms with Gasteiger partial charge in [0.2, 0.25) is 0 Å². The molecule has 0 fully saturated rings. The number of carbonyl (C=O) groups is 1. The molecule has 0 heterocycles. The van der Waals surface area contributed by atoms with Crippen molar-refractivity contribution in [2.24, 2.45) is 0 Å². The fraction of sp³-hybridized carbons (Fsp3) is 0.0909. The summed E-state index contributed by atoms with van der Waals surface area (Å²) >= 11 is 6.00. The number of nitrogens with one attached hydrogen (secondary N) is 3. The first-order chi connectivity index (χ1) is 13.5. The molecule has 0 bridgehead atoms. The number of carbonyl (C=O) groups excluding carboxylic acids is 1. The van der Waals surface area contributed by atoms with Crippen LogP contribution in [0.4, 0.5) is 0 Å². The topological polar surface area (TPSA) is 85.2 Å². The first-order valence-electron chi connectivity index (χ1n) is 8.74. The molecule has 3 aromatic rings. The average molecular weight is 394 g/mol. The number of amides is 1. The van der Waals surface area contributed by atoms with Crippen LogP contribution in [0, 0.1) is 5.41 Å². The number of hydrogen-bond acceptors (Lipinski definition) is 4. The van der Waals surface area contributed by atoms with Crippen molar-refractivity contribution in [1.29, 1.82) is 5.41 Å². The second-order valence-electron chi connectivity index (χ2n) is 6.20. The van der Waals surface area contributed by atoms with Gasteiger partial charge >= 0.3 is 0 Å². The van der Waals surface area contributed by atoms with E-state index in [-0.39, 0.29) is 11.7 Å². The van der Waals surface area contributed by atoms with Gasteiger partial charge in [0.15, 0.2) is 0 Å². The summed E-state index contributed by atoms with van der Waals surface area (Å²) in [6, 6.07) is 24.0. The van der Waals surface area contributed by atoms with Gasteiger partial charge in [-0.15, -0.1) is 0 Å². The van der Waals surface area contributed by atoms with Crippen LogP contribution in [0.25, 0.3) is 0 Å². The van der Waals surface area contributed by atoms with Crippen LogP contribution in [-0.2, 0) is 0 Å². The monoisotopic (exact) mass is 393 g/mol. The minimum Gasteiger partial charge on any atom is -0.374 e. The molecule has 0 aromatic heterocycles. The maximum Gasteiger partial charge on any atom is 0.256 e. The van der Waals surface area contributed by atoms with Crippen LogP contribution in [0.3, 0.4) is 0 Å². The van der Waals surface area contributed by atoms with Crippen molar-refractivity contribution in [3.05, 3.63) is 107 Å². The van der Waals surface area contributed by atoms with E-state index in [2.05, 4.69) is 10.6 Å². The highest BCUT2D eigenvalue weighted by Crippen LogP contribution is 2.21. The largest absolute Gasteiger partial charge is 0.374 e. The first-order valence-corrected chi connectivity index (χ1v) is 9.12. The number of amidine groups is 1. The summed E-state index contributed by atoms with van der Waals surface area (Å²) in [6.07, 6.45) is -1.07. The number of hydrogen-bond donors (Lipinski definition) is 4. The second kappa shape index (κ2) is 9.28. The molecule has 0 saturated carbocycles. The van der Waals surface area contributed by atoms with E-state index in [9.17, 15) is 9.90 Å². The molecule has 1 amide bonds. The predicted octanol–water partition coefficient (Wildman–Crippen LogP) is 4.07. The van der Waals surface area contributed by atoms with Crippen LogP contribution in [0.2, 0.25) is 5.02 Å². The predicted molar refractivity (Wildman–Crippen MR) is 110 cm³/mol. The maximum atomic E-state index is 12.4. The van der Waals surface area contributed by atoms with E-state index in [0.717, 1.165) is 5.56 Å². The molecule has 2 atom stereocenters. The molecule has 0 saturated heterocycles. The number of aliphatic hydroxyl groups is 1. The highest BCUT2D eigenvalue weighted by Gasteiger charge is 2.23. The van der Waals surface area contributed by atoms with E-state index in [1.807, 2.05) is 36.4 Å². The van der Waals surface area contributed by atoms with E-state index in [4.69, 9.17) is 17.0 Å². The van der Waals surface area contributed by atoms with Gasteiger partial charge in [0.25, 0.3) is 5.91 Å². The molecule has 0 aliphatic carbocycles. The van der Waals surface area contributed by atoms with Crippen molar-refractivity contribution in [1.82, 2.24) is 10.6 Å². The number of rotatable bonds is 6. The highest BCUT2D eigenvalue weighted by atomic mass is 35.5. The minimum atomic E-state index is -1.07. The van der Waals surface area contributed by atoms with Crippen LogP contribution in [0.5, 0.6) is 0 Å². The number of halogens is 1. The van der Waals surface area contributed by atoms with Crippen molar-refractivity contribution in [2.45, 2.75) is 12.3 Å². The van der Waals surface area contributed by atoms with E-state index < -0.39 is 12.3 Å². The Bertz CT molecular complexity index is 948. The fourth-order valence-electron chi connectivity index (χ4n) is 2.78. The molecular formula is C22H20ClN3O2. The standard InChI is InChI=1S/C22H20ClN3O2/c23-18-13-7-12-17(14-18)22(28)25-19(15-8-3-1-4-9-15)20(24)26-21(27)16-10-5-2-6-11-16/h1-14,19,22,25,28H,(H2,24,26,27). The lowest BCUT2D eigenvalue weighted by Crippen LogP contribution is -2.41. The van der Waals surface area contributed by atoms with Gasteiger partial charge in [-0.05, 0) is 35.4 Å². The Morgan fingerprint density at radius 1 is 0.893 bits per heavy atom. The van der Waals surface area contributed by atoms with E-state index >= 15 is 0 Å².